The molecule has 17 heavy (non-hydrogen) atoms. The third-order valence-electron chi connectivity index (χ3n) is 2.36. The monoisotopic (exact) mass is 256 g/mol. The highest BCUT2D eigenvalue weighted by Gasteiger charge is 2.18. The Labute approximate surface area is 106 Å². The van der Waals surface area contributed by atoms with E-state index in [9.17, 15) is 4.79 Å². The van der Waals surface area contributed by atoms with Crippen molar-refractivity contribution in [3.8, 4) is 0 Å². The van der Waals surface area contributed by atoms with Crippen molar-refractivity contribution in [3.63, 3.8) is 0 Å². The highest BCUT2D eigenvalue weighted by Crippen LogP contribution is 2.17. The van der Waals surface area contributed by atoms with Crippen molar-refractivity contribution >= 4 is 17.6 Å². The van der Waals surface area contributed by atoms with Crippen LogP contribution in [0.1, 0.15) is 56.3 Å². The van der Waals surface area contributed by atoms with E-state index in [2.05, 4.69) is 9.97 Å². The number of rotatable bonds is 4. The first-order valence-electron chi connectivity index (χ1n) is 5.69. The summed E-state index contributed by atoms with van der Waals surface area (Å²) in [4.78, 5) is 20.0. The van der Waals surface area contributed by atoms with Crippen molar-refractivity contribution in [2.24, 2.45) is 0 Å². The minimum Gasteiger partial charge on any atom is -0.458 e. The van der Waals surface area contributed by atoms with Crippen LogP contribution in [0.15, 0.2) is 6.20 Å². The van der Waals surface area contributed by atoms with Crippen LogP contribution in [-0.2, 0) is 4.74 Å². The summed E-state index contributed by atoms with van der Waals surface area (Å²) in [7, 11) is 0. The van der Waals surface area contributed by atoms with E-state index in [1.165, 1.54) is 6.20 Å². The molecule has 0 amide bonds. The second-order valence-corrected chi connectivity index (χ2v) is 4.61. The fourth-order valence-electron chi connectivity index (χ4n) is 1.12. The van der Waals surface area contributed by atoms with Gasteiger partial charge in [-0.15, -0.1) is 0 Å². The molecule has 0 aliphatic carbocycles. The highest BCUT2D eigenvalue weighted by atomic mass is 35.5. The van der Waals surface area contributed by atoms with Gasteiger partial charge in [0.25, 0.3) is 0 Å². The van der Waals surface area contributed by atoms with Crippen LogP contribution in [0.2, 0.25) is 5.02 Å². The molecule has 0 aliphatic rings. The third-order valence-corrected chi connectivity index (χ3v) is 2.63. The number of hydrogen-bond donors (Lipinski definition) is 0. The average Bonchev–Trinajstić information content (AvgIpc) is 2.28. The lowest BCUT2D eigenvalue weighted by atomic mass is 10.2. The van der Waals surface area contributed by atoms with E-state index >= 15 is 0 Å². The van der Waals surface area contributed by atoms with Gasteiger partial charge in [-0.05, 0) is 13.3 Å². The summed E-state index contributed by atoms with van der Waals surface area (Å²) in [6.45, 7) is 7.68. The van der Waals surface area contributed by atoms with E-state index in [1.807, 2.05) is 27.7 Å². The number of esters is 1. The number of ether oxygens (including phenoxy) is 1. The second kappa shape index (κ2) is 5.96. The zero-order valence-electron chi connectivity index (χ0n) is 10.5. The Morgan fingerprint density at radius 1 is 1.47 bits per heavy atom. The molecular weight excluding hydrogens is 240 g/mol. The van der Waals surface area contributed by atoms with Crippen LogP contribution < -0.4 is 0 Å². The summed E-state index contributed by atoms with van der Waals surface area (Å²) in [6.07, 6.45) is 2.05. The Bertz CT molecular complexity index is 407. The van der Waals surface area contributed by atoms with Gasteiger partial charge in [0.15, 0.2) is 5.69 Å². The van der Waals surface area contributed by atoms with E-state index in [1.54, 1.807) is 0 Å². The predicted molar refractivity (Wildman–Crippen MR) is 66.3 cm³/mol. The Balaban J connectivity index is 2.96. The number of carbonyl (C=O) groups excluding carboxylic acids is 1. The molecule has 1 rings (SSSR count). The lowest BCUT2D eigenvalue weighted by Crippen LogP contribution is -2.17. The molecule has 0 bridgehead atoms. The lowest BCUT2D eigenvalue weighted by Gasteiger charge is -2.12. The van der Waals surface area contributed by atoms with Crippen molar-refractivity contribution < 1.29 is 9.53 Å². The van der Waals surface area contributed by atoms with Gasteiger partial charge < -0.3 is 4.74 Å². The quantitative estimate of drug-likeness (QED) is 0.777. The molecule has 0 fully saturated rings. The molecule has 1 unspecified atom stereocenters. The van der Waals surface area contributed by atoms with Gasteiger partial charge in [0.05, 0.1) is 17.3 Å². The first kappa shape index (κ1) is 13.9. The van der Waals surface area contributed by atoms with Crippen molar-refractivity contribution in [2.45, 2.75) is 46.1 Å². The summed E-state index contributed by atoms with van der Waals surface area (Å²) in [6, 6.07) is 0. The lowest BCUT2D eigenvalue weighted by molar-refractivity contribution is 0.0327. The largest absolute Gasteiger partial charge is 0.458 e. The molecule has 0 aromatic carbocycles. The van der Waals surface area contributed by atoms with E-state index in [0.717, 1.165) is 6.42 Å². The maximum Gasteiger partial charge on any atom is 0.358 e. The maximum absolute atomic E-state index is 11.8. The molecule has 1 heterocycles. The standard InChI is InChI=1S/C12H17ClN2O2/c1-5-8(4)17-12(16)10-9(13)6-14-11(15-10)7(2)3/h6-8H,5H2,1-4H3. The topological polar surface area (TPSA) is 52.1 Å². The fraction of sp³-hybridized carbons (Fsp3) is 0.583. The molecule has 0 aliphatic heterocycles. The van der Waals surface area contributed by atoms with Gasteiger partial charge in [-0.3, -0.25) is 0 Å². The zero-order chi connectivity index (χ0) is 13.0. The number of hydrogen-bond acceptors (Lipinski definition) is 4. The zero-order valence-corrected chi connectivity index (χ0v) is 11.3. The van der Waals surface area contributed by atoms with Gasteiger partial charge in [-0.1, -0.05) is 32.4 Å². The number of aromatic nitrogens is 2. The molecule has 1 atom stereocenters. The minimum atomic E-state index is -0.492. The minimum absolute atomic E-state index is 0.141. The van der Waals surface area contributed by atoms with Crippen LogP contribution in [0.25, 0.3) is 0 Å². The Morgan fingerprint density at radius 3 is 2.65 bits per heavy atom. The van der Waals surface area contributed by atoms with Crippen molar-refractivity contribution in [2.75, 3.05) is 0 Å². The summed E-state index contributed by atoms with van der Waals surface area (Å²) in [5.74, 6) is 0.238. The fourth-order valence-corrected chi connectivity index (χ4v) is 1.29. The average molecular weight is 257 g/mol. The van der Waals surface area contributed by atoms with E-state index in [4.69, 9.17) is 16.3 Å². The van der Waals surface area contributed by atoms with E-state index < -0.39 is 5.97 Å². The van der Waals surface area contributed by atoms with Crippen molar-refractivity contribution in [1.29, 1.82) is 0 Å². The van der Waals surface area contributed by atoms with Gasteiger partial charge in [0.1, 0.15) is 5.82 Å². The van der Waals surface area contributed by atoms with Gasteiger partial charge in [-0.2, -0.15) is 0 Å². The van der Waals surface area contributed by atoms with E-state index in [0.29, 0.717) is 5.82 Å². The molecule has 0 radical (unpaired) electrons. The van der Waals surface area contributed by atoms with Crippen LogP contribution in [0.5, 0.6) is 0 Å². The maximum atomic E-state index is 11.8. The summed E-state index contributed by atoms with van der Waals surface area (Å²) in [5, 5.41) is 0.225. The Morgan fingerprint density at radius 2 is 2.12 bits per heavy atom. The second-order valence-electron chi connectivity index (χ2n) is 4.20. The molecule has 0 spiro atoms. The van der Waals surface area contributed by atoms with Crippen LogP contribution in [0.4, 0.5) is 0 Å². The molecule has 94 valence electrons. The summed E-state index contributed by atoms with van der Waals surface area (Å²) < 4.78 is 5.19. The van der Waals surface area contributed by atoms with Crippen molar-refractivity contribution in [3.05, 3.63) is 22.7 Å². The first-order valence-corrected chi connectivity index (χ1v) is 6.06. The molecule has 5 heteroatoms. The number of carbonyl (C=O) groups is 1. The van der Waals surface area contributed by atoms with Gasteiger partial charge in [0.2, 0.25) is 0 Å². The summed E-state index contributed by atoms with van der Waals surface area (Å²) in [5.41, 5.74) is 0.144. The van der Waals surface area contributed by atoms with Crippen LogP contribution in [0.3, 0.4) is 0 Å². The molecule has 0 saturated heterocycles. The highest BCUT2D eigenvalue weighted by molar-refractivity contribution is 6.33. The first-order chi connectivity index (χ1) is 7.95. The summed E-state index contributed by atoms with van der Waals surface area (Å²) >= 11 is 5.90. The molecule has 1 aromatic rings. The van der Waals surface area contributed by atoms with Gasteiger partial charge in [-0.25, -0.2) is 14.8 Å². The smallest absolute Gasteiger partial charge is 0.358 e. The third kappa shape index (κ3) is 3.66. The number of halogens is 1. The van der Waals surface area contributed by atoms with Crippen LogP contribution in [0, 0.1) is 0 Å². The molecule has 1 aromatic heterocycles. The Kier molecular flexibility index (Phi) is 4.87. The van der Waals surface area contributed by atoms with Crippen LogP contribution in [-0.4, -0.2) is 22.0 Å². The molecule has 0 saturated carbocycles. The Hall–Kier alpha value is -1.16. The molecular formula is C12H17ClN2O2. The molecule has 0 N–H and O–H groups in total. The van der Waals surface area contributed by atoms with Gasteiger partial charge in [0, 0.05) is 5.92 Å². The van der Waals surface area contributed by atoms with Gasteiger partial charge >= 0.3 is 5.97 Å². The van der Waals surface area contributed by atoms with Crippen LogP contribution >= 0.6 is 11.6 Å². The predicted octanol–water partition coefficient (Wildman–Crippen LogP) is 3.21. The SMILES string of the molecule is CCC(C)OC(=O)c1nc(C(C)C)ncc1Cl. The molecule has 4 nitrogen and oxygen atoms in total. The van der Waals surface area contributed by atoms with Crippen molar-refractivity contribution in [1.82, 2.24) is 9.97 Å². The number of nitrogens with zero attached hydrogens (tertiary/aromatic N) is 2. The normalized spacial score (nSPS) is 12.6. The van der Waals surface area contributed by atoms with E-state index in [-0.39, 0.29) is 22.7 Å².